The van der Waals surface area contributed by atoms with Crippen LogP contribution in [0.3, 0.4) is 0 Å². The van der Waals surface area contributed by atoms with Crippen LogP contribution in [0.4, 0.5) is 0 Å². The van der Waals surface area contributed by atoms with E-state index in [0.717, 1.165) is 31.4 Å². The second-order valence-electron chi connectivity index (χ2n) is 5.32. The van der Waals surface area contributed by atoms with Crippen molar-refractivity contribution < 1.29 is 9.21 Å². The molecule has 92 valence electrons. The molecule has 0 aromatic carbocycles. The molecule has 3 atom stereocenters. The van der Waals surface area contributed by atoms with E-state index in [2.05, 4.69) is 11.8 Å². The third-order valence-corrected chi connectivity index (χ3v) is 4.25. The van der Waals surface area contributed by atoms with Gasteiger partial charge in [-0.2, -0.15) is 0 Å². The van der Waals surface area contributed by atoms with Gasteiger partial charge in [-0.15, -0.1) is 0 Å². The maximum atomic E-state index is 11.7. The van der Waals surface area contributed by atoms with Gasteiger partial charge in [-0.05, 0) is 31.9 Å². The minimum Gasteiger partial charge on any atom is -0.468 e. The monoisotopic (exact) mass is 233 g/mol. The highest BCUT2D eigenvalue weighted by Gasteiger charge is 2.40. The fourth-order valence-electron chi connectivity index (χ4n) is 3.52. The van der Waals surface area contributed by atoms with Crippen LogP contribution in [0.5, 0.6) is 0 Å². The maximum absolute atomic E-state index is 11.7. The fourth-order valence-corrected chi connectivity index (χ4v) is 3.52. The molecule has 1 aromatic rings. The lowest BCUT2D eigenvalue weighted by Crippen LogP contribution is -2.53. The minimum atomic E-state index is 0.299. The lowest BCUT2D eigenvalue weighted by Gasteiger charge is -2.48. The van der Waals surface area contributed by atoms with E-state index in [4.69, 9.17) is 4.42 Å². The van der Waals surface area contributed by atoms with Crippen molar-refractivity contribution in [3.05, 3.63) is 24.2 Å². The van der Waals surface area contributed by atoms with Gasteiger partial charge in [-0.25, -0.2) is 0 Å². The topological polar surface area (TPSA) is 33.5 Å². The van der Waals surface area contributed by atoms with Crippen LogP contribution < -0.4 is 0 Å². The molecule has 17 heavy (non-hydrogen) atoms. The second kappa shape index (κ2) is 4.30. The summed E-state index contributed by atoms with van der Waals surface area (Å²) in [4.78, 5) is 14.2. The van der Waals surface area contributed by atoms with Crippen molar-refractivity contribution in [2.75, 3.05) is 0 Å². The van der Waals surface area contributed by atoms with E-state index in [1.54, 1.807) is 6.26 Å². The number of piperidine rings is 2. The summed E-state index contributed by atoms with van der Waals surface area (Å²) in [6.45, 7) is 2.19. The molecule has 1 aromatic heterocycles. The molecule has 2 aliphatic heterocycles. The van der Waals surface area contributed by atoms with Gasteiger partial charge in [0.15, 0.2) is 0 Å². The smallest absolute Gasteiger partial charge is 0.136 e. The molecule has 3 heterocycles. The highest BCUT2D eigenvalue weighted by atomic mass is 16.3. The Hall–Kier alpha value is -1.09. The summed E-state index contributed by atoms with van der Waals surface area (Å²) in [5.74, 6) is 1.47. The first-order chi connectivity index (χ1) is 8.25. The van der Waals surface area contributed by atoms with Gasteiger partial charge in [-0.1, -0.05) is 6.42 Å². The van der Waals surface area contributed by atoms with Crippen LogP contribution in [0.25, 0.3) is 0 Å². The van der Waals surface area contributed by atoms with Gasteiger partial charge in [0.25, 0.3) is 0 Å². The van der Waals surface area contributed by atoms with E-state index >= 15 is 0 Å². The molecule has 2 aliphatic rings. The predicted molar refractivity (Wildman–Crippen MR) is 64.6 cm³/mol. The van der Waals surface area contributed by atoms with E-state index in [1.165, 1.54) is 6.42 Å². The summed E-state index contributed by atoms with van der Waals surface area (Å²) in [6.07, 6.45) is 6.80. The maximum Gasteiger partial charge on any atom is 0.136 e. The second-order valence-corrected chi connectivity index (χ2v) is 5.32. The van der Waals surface area contributed by atoms with Crippen molar-refractivity contribution >= 4 is 5.78 Å². The summed E-state index contributed by atoms with van der Waals surface area (Å²) >= 11 is 0. The van der Waals surface area contributed by atoms with Crippen molar-refractivity contribution in [1.82, 2.24) is 4.90 Å². The first-order valence-electron chi connectivity index (χ1n) is 6.58. The molecule has 0 amide bonds. The van der Waals surface area contributed by atoms with Gasteiger partial charge in [0.1, 0.15) is 11.5 Å². The van der Waals surface area contributed by atoms with E-state index in [1.807, 2.05) is 12.1 Å². The number of carbonyl (C=O) groups is 1. The molecule has 0 spiro atoms. The molecule has 0 N–H and O–H groups in total. The normalized spacial score (nSPS) is 31.5. The van der Waals surface area contributed by atoms with E-state index in [9.17, 15) is 4.79 Å². The predicted octanol–water partition coefficient (Wildman–Crippen LogP) is 2.93. The first kappa shape index (κ1) is 11.0. The minimum absolute atomic E-state index is 0.299. The van der Waals surface area contributed by atoms with Crippen molar-refractivity contribution in [3.63, 3.8) is 0 Å². The van der Waals surface area contributed by atoms with Crippen LogP contribution in [0.1, 0.15) is 50.8 Å². The van der Waals surface area contributed by atoms with Crippen molar-refractivity contribution in [2.45, 2.75) is 57.2 Å². The average molecular weight is 233 g/mol. The Bertz CT molecular complexity index is 382. The molecular weight excluding hydrogens is 214 g/mol. The Morgan fingerprint density at radius 2 is 2.06 bits per heavy atom. The highest BCUT2D eigenvalue weighted by molar-refractivity contribution is 5.80. The van der Waals surface area contributed by atoms with Crippen molar-refractivity contribution in [1.29, 1.82) is 0 Å². The average Bonchev–Trinajstić information content (AvgIpc) is 2.80. The fraction of sp³-hybridized carbons (Fsp3) is 0.643. The number of hydrogen-bond acceptors (Lipinski definition) is 3. The number of Topliss-reactive ketones (excluding diaryl/α,β-unsaturated/α-hetero) is 1. The summed E-state index contributed by atoms with van der Waals surface area (Å²) in [5.41, 5.74) is 0. The molecule has 0 saturated carbocycles. The van der Waals surface area contributed by atoms with Crippen LogP contribution in [0, 0.1) is 0 Å². The molecule has 2 bridgehead atoms. The van der Waals surface area contributed by atoms with Gasteiger partial charge >= 0.3 is 0 Å². The third-order valence-electron chi connectivity index (χ3n) is 4.25. The standard InChI is InChI=1S/C14H19NO2/c1-10(14-6-3-7-17-14)15-11-4-2-5-12(15)9-13(16)8-11/h3,6-7,10-12H,2,4-5,8-9H2,1H3. The van der Waals surface area contributed by atoms with Crippen LogP contribution in [0.15, 0.2) is 22.8 Å². The summed E-state index contributed by atoms with van der Waals surface area (Å²) < 4.78 is 5.51. The number of rotatable bonds is 2. The van der Waals surface area contributed by atoms with Gasteiger partial charge in [0, 0.05) is 24.9 Å². The van der Waals surface area contributed by atoms with Crippen LogP contribution in [-0.2, 0) is 4.79 Å². The zero-order valence-corrected chi connectivity index (χ0v) is 10.3. The Morgan fingerprint density at radius 1 is 1.35 bits per heavy atom. The highest BCUT2D eigenvalue weighted by Crippen LogP contribution is 2.38. The quantitative estimate of drug-likeness (QED) is 0.787. The van der Waals surface area contributed by atoms with Crippen LogP contribution in [-0.4, -0.2) is 22.8 Å². The Balaban J connectivity index is 1.84. The Labute approximate surface area is 102 Å². The molecule has 3 nitrogen and oxygen atoms in total. The molecule has 3 heteroatoms. The molecular formula is C14H19NO2. The zero-order valence-electron chi connectivity index (χ0n) is 10.3. The molecule has 2 saturated heterocycles. The van der Waals surface area contributed by atoms with Gasteiger partial charge in [0.2, 0.25) is 0 Å². The van der Waals surface area contributed by atoms with Gasteiger partial charge < -0.3 is 4.42 Å². The van der Waals surface area contributed by atoms with Crippen LogP contribution in [0.2, 0.25) is 0 Å². The Kier molecular flexibility index (Phi) is 2.79. The first-order valence-corrected chi connectivity index (χ1v) is 6.58. The SMILES string of the molecule is CC(c1ccco1)N1C2CCCC1CC(=O)C2. The lowest BCUT2D eigenvalue weighted by molar-refractivity contribution is -0.129. The van der Waals surface area contributed by atoms with Crippen LogP contribution >= 0.6 is 0 Å². The summed E-state index contributed by atoms with van der Waals surface area (Å²) in [6, 6.07) is 5.16. The number of carbonyl (C=O) groups excluding carboxylic acids is 1. The number of ketones is 1. The molecule has 3 rings (SSSR count). The lowest BCUT2D eigenvalue weighted by atomic mass is 9.82. The molecule has 3 unspecified atom stereocenters. The van der Waals surface area contributed by atoms with Crippen molar-refractivity contribution in [2.24, 2.45) is 0 Å². The number of nitrogens with zero attached hydrogens (tertiary/aromatic N) is 1. The number of fused-ring (bicyclic) bond motifs is 2. The third kappa shape index (κ3) is 1.93. The number of hydrogen-bond donors (Lipinski definition) is 0. The van der Waals surface area contributed by atoms with Crippen molar-refractivity contribution in [3.8, 4) is 0 Å². The number of furan rings is 1. The zero-order chi connectivity index (χ0) is 11.8. The molecule has 0 radical (unpaired) electrons. The Morgan fingerprint density at radius 3 is 2.65 bits per heavy atom. The van der Waals surface area contributed by atoms with E-state index in [-0.39, 0.29) is 0 Å². The van der Waals surface area contributed by atoms with Gasteiger partial charge in [-0.3, -0.25) is 9.69 Å². The summed E-state index contributed by atoms with van der Waals surface area (Å²) in [5, 5.41) is 0. The van der Waals surface area contributed by atoms with E-state index in [0.29, 0.717) is 23.9 Å². The summed E-state index contributed by atoms with van der Waals surface area (Å²) in [7, 11) is 0. The largest absolute Gasteiger partial charge is 0.468 e. The molecule has 0 aliphatic carbocycles. The van der Waals surface area contributed by atoms with Gasteiger partial charge in [0.05, 0.1) is 12.3 Å². The van der Waals surface area contributed by atoms with E-state index < -0.39 is 0 Å². The molecule has 2 fully saturated rings.